The summed E-state index contributed by atoms with van der Waals surface area (Å²) in [4.78, 5) is 27.7. The summed E-state index contributed by atoms with van der Waals surface area (Å²) in [6.07, 6.45) is 1.78. The molecule has 4 nitrogen and oxygen atoms in total. The number of hydrogen-bond acceptors (Lipinski definition) is 2. The Morgan fingerprint density at radius 1 is 1.12 bits per heavy atom. The SMILES string of the molecule is CCCN(CCC)C(=O)C(C)(C)C(=O)Nc1c(C)cccc1C(C)C. The maximum atomic E-state index is 13.0. The lowest BCUT2D eigenvalue weighted by molar-refractivity contribution is -0.146. The number of benzene rings is 1. The molecule has 0 aliphatic carbocycles. The highest BCUT2D eigenvalue weighted by Gasteiger charge is 2.39. The van der Waals surface area contributed by atoms with E-state index in [0.717, 1.165) is 29.7 Å². The molecule has 1 aromatic rings. The predicted molar refractivity (Wildman–Crippen MR) is 105 cm³/mol. The third-order valence-corrected chi connectivity index (χ3v) is 4.54. The Hall–Kier alpha value is -1.84. The fourth-order valence-electron chi connectivity index (χ4n) is 2.96. The fraction of sp³-hybridized carbons (Fsp3) is 0.619. The molecule has 0 spiro atoms. The topological polar surface area (TPSA) is 49.4 Å². The molecule has 0 fully saturated rings. The van der Waals surface area contributed by atoms with Gasteiger partial charge in [0.15, 0.2) is 0 Å². The Morgan fingerprint density at radius 3 is 2.16 bits per heavy atom. The Balaban J connectivity index is 3.08. The second-order valence-electron chi connectivity index (χ2n) is 7.57. The van der Waals surface area contributed by atoms with Crippen molar-refractivity contribution in [2.45, 2.75) is 67.2 Å². The highest BCUT2D eigenvalue weighted by atomic mass is 16.2. The van der Waals surface area contributed by atoms with Crippen LogP contribution in [0.25, 0.3) is 0 Å². The second-order valence-corrected chi connectivity index (χ2v) is 7.57. The van der Waals surface area contributed by atoms with Crippen LogP contribution in [0, 0.1) is 12.3 Å². The van der Waals surface area contributed by atoms with Crippen LogP contribution >= 0.6 is 0 Å². The van der Waals surface area contributed by atoms with Crippen LogP contribution in [0.2, 0.25) is 0 Å². The van der Waals surface area contributed by atoms with Crippen LogP contribution in [0.1, 0.15) is 71.4 Å². The zero-order valence-corrected chi connectivity index (χ0v) is 16.9. The van der Waals surface area contributed by atoms with Gasteiger partial charge >= 0.3 is 0 Å². The number of anilines is 1. The largest absolute Gasteiger partial charge is 0.342 e. The molecule has 0 radical (unpaired) electrons. The first-order valence-electron chi connectivity index (χ1n) is 9.37. The van der Waals surface area contributed by atoms with Crippen LogP contribution in [-0.2, 0) is 9.59 Å². The van der Waals surface area contributed by atoms with E-state index in [1.807, 2.05) is 39.0 Å². The Kier molecular flexibility index (Phi) is 7.65. The van der Waals surface area contributed by atoms with Gasteiger partial charge in [-0.05, 0) is 50.7 Å². The van der Waals surface area contributed by atoms with E-state index in [0.29, 0.717) is 19.0 Å². The lowest BCUT2D eigenvalue weighted by Crippen LogP contribution is -2.48. The van der Waals surface area contributed by atoms with E-state index in [9.17, 15) is 9.59 Å². The zero-order chi connectivity index (χ0) is 19.2. The maximum absolute atomic E-state index is 13.0. The number of amides is 2. The number of rotatable bonds is 8. The van der Waals surface area contributed by atoms with Crippen molar-refractivity contribution >= 4 is 17.5 Å². The molecule has 140 valence electrons. The smallest absolute Gasteiger partial charge is 0.239 e. The first kappa shape index (κ1) is 21.2. The van der Waals surface area contributed by atoms with Crippen LogP contribution in [0.5, 0.6) is 0 Å². The van der Waals surface area contributed by atoms with E-state index in [-0.39, 0.29) is 11.8 Å². The van der Waals surface area contributed by atoms with Gasteiger partial charge < -0.3 is 10.2 Å². The number of aryl methyl sites for hydroxylation is 1. The van der Waals surface area contributed by atoms with Crippen molar-refractivity contribution in [3.05, 3.63) is 29.3 Å². The molecule has 0 atom stereocenters. The molecule has 0 unspecified atom stereocenters. The molecule has 0 aliphatic heterocycles. The highest BCUT2D eigenvalue weighted by molar-refractivity contribution is 6.10. The molecule has 1 N–H and O–H groups in total. The summed E-state index contributed by atoms with van der Waals surface area (Å²) in [6.45, 7) is 15.1. The van der Waals surface area contributed by atoms with Gasteiger partial charge in [0.25, 0.3) is 0 Å². The summed E-state index contributed by atoms with van der Waals surface area (Å²) in [6, 6.07) is 6.01. The molecule has 1 rings (SSSR count). The van der Waals surface area contributed by atoms with Gasteiger partial charge in [-0.15, -0.1) is 0 Å². The minimum Gasteiger partial charge on any atom is -0.342 e. The molecule has 1 aromatic carbocycles. The molecule has 2 amide bonds. The van der Waals surface area contributed by atoms with E-state index in [1.54, 1.807) is 18.7 Å². The molecular weight excluding hydrogens is 312 g/mol. The monoisotopic (exact) mass is 346 g/mol. The van der Waals surface area contributed by atoms with E-state index in [1.165, 1.54) is 0 Å². The normalized spacial score (nSPS) is 11.5. The number of para-hydroxylation sites is 1. The summed E-state index contributed by atoms with van der Waals surface area (Å²) in [5, 5.41) is 3.03. The molecule has 0 aliphatic rings. The number of nitrogens with one attached hydrogen (secondary N) is 1. The average Bonchev–Trinajstić information content (AvgIpc) is 2.55. The van der Waals surface area contributed by atoms with Gasteiger partial charge in [0.2, 0.25) is 11.8 Å². The van der Waals surface area contributed by atoms with Crippen LogP contribution in [0.4, 0.5) is 5.69 Å². The van der Waals surface area contributed by atoms with Crippen LogP contribution in [-0.4, -0.2) is 29.8 Å². The van der Waals surface area contributed by atoms with Crippen molar-refractivity contribution in [2.24, 2.45) is 5.41 Å². The first-order chi connectivity index (χ1) is 11.7. The first-order valence-corrected chi connectivity index (χ1v) is 9.37. The van der Waals surface area contributed by atoms with Gasteiger partial charge in [0.1, 0.15) is 5.41 Å². The van der Waals surface area contributed by atoms with Gasteiger partial charge in [-0.25, -0.2) is 0 Å². The van der Waals surface area contributed by atoms with Crippen molar-refractivity contribution in [1.29, 1.82) is 0 Å². The summed E-state index contributed by atoms with van der Waals surface area (Å²) in [5.41, 5.74) is 1.85. The number of hydrogen-bond donors (Lipinski definition) is 1. The van der Waals surface area contributed by atoms with E-state index >= 15 is 0 Å². The minimum absolute atomic E-state index is 0.103. The zero-order valence-electron chi connectivity index (χ0n) is 16.9. The lowest BCUT2D eigenvalue weighted by atomic mass is 9.89. The van der Waals surface area contributed by atoms with Crippen LogP contribution < -0.4 is 5.32 Å². The Morgan fingerprint density at radius 2 is 1.68 bits per heavy atom. The average molecular weight is 347 g/mol. The van der Waals surface area contributed by atoms with Crippen molar-refractivity contribution < 1.29 is 9.59 Å². The van der Waals surface area contributed by atoms with Crippen molar-refractivity contribution in [3.8, 4) is 0 Å². The molecule has 0 aromatic heterocycles. The van der Waals surface area contributed by atoms with Gasteiger partial charge in [-0.3, -0.25) is 9.59 Å². The number of carbonyl (C=O) groups excluding carboxylic acids is 2. The third-order valence-electron chi connectivity index (χ3n) is 4.54. The lowest BCUT2D eigenvalue weighted by Gasteiger charge is -2.31. The standard InChI is InChI=1S/C21H34N2O2/c1-8-13-23(14-9-2)20(25)21(6,7)19(24)22-18-16(5)11-10-12-17(18)15(3)4/h10-12,15H,8-9,13-14H2,1-7H3,(H,22,24). The second kappa shape index (κ2) is 9.02. The Bertz CT molecular complexity index is 600. The maximum Gasteiger partial charge on any atom is 0.239 e. The van der Waals surface area contributed by atoms with Gasteiger partial charge in [-0.1, -0.05) is 45.9 Å². The Labute approximate surface area is 153 Å². The molecule has 0 bridgehead atoms. The summed E-state index contributed by atoms with van der Waals surface area (Å²) in [5.74, 6) is -0.0509. The van der Waals surface area contributed by atoms with Crippen LogP contribution in [0.15, 0.2) is 18.2 Å². The summed E-state index contributed by atoms with van der Waals surface area (Å²) >= 11 is 0. The molecule has 0 saturated heterocycles. The van der Waals surface area contributed by atoms with E-state index in [2.05, 4.69) is 19.2 Å². The summed E-state index contributed by atoms with van der Waals surface area (Å²) in [7, 11) is 0. The number of carbonyl (C=O) groups is 2. The van der Waals surface area contributed by atoms with Gasteiger partial charge in [0.05, 0.1) is 0 Å². The highest BCUT2D eigenvalue weighted by Crippen LogP contribution is 2.30. The van der Waals surface area contributed by atoms with Crippen molar-refractivity contribution in [3.63, 3.8) is 0 Å². The van der Waals surface area contributed by atoms with Crippen LogP contribution in [0.3, 0.4) is 0 Å². The minimum atomic E-state index is -1.10. The molecule has 0 heterocycles. The number of nitrogens with zero attached hydrogens (tertiary/aromatic N) is 1. The van der Waals surface area contributed by atoms with E-state index < -0.39 is 5.41 Å². The summed E-state index contributed by atoms with van der Waals surface area (Å²) < 4.78 is 0. The fourth-order valence-corrected chi connectivity index (χ4v) is 2.96. The van der Waals surface area contributed by atoms with E-state index in [4.69, 9.17) is 0 Å². The van der Waals surface area contributed by atoms with Gasteiger partial charge in [0, 0.05) is 18.8 Å². The predicted octanol–water partition coefficient (Wildman–Crippen LogP) is 4.73. The molecule has 4 heteroatoms. The quantitative estimate of drug-likeness (QED) is 0.692. The molecule has 25 heavy (non-hydrogen) atoms. The third kappa shape index (κ3) is 5.07. The molecule has 0 saturated carbocycles. The molecular formula is C21H34N2O2. The van der Waals surface area contributed by atoms with Crippen molar-refractivity contribution in [2.75, 3.05) is 18.4 Å². The van der Waals surface area contributed by atoms with Crippen molar-refractivity contribution in [1.82, 2.24) is 4.90 Å². The van der Waals surface area contributed by atoms with Gasteiger partial charge in [-0.2, -0.15) is 0 Å².